The van der Waals surface area contributed by atoms with Crippen LogP contribution in [0.1, 0.15) is 11.1 Å². The topological polar surface area (TPSA) is 77.0 Å². The first-order chi connectivity index (χ1) is 13.1. The van der Waals surface area contributed by atoms with Crippen LogP contribution in [0.25, 0.3) is 0 Å². The Bertz CT molecular complexity index is 766. The molecule has 0 radical (unpaired) electrons. The molecule has 7 nitrogen and oxygen atoms in total. The Balaban J connectivity index is 1.94. The number of methoxy groups -OCH3 is 3. The molecule has 0 aliphatic rings. The number of hydrogen-bond donors (Lipinski definition) is 2. The van der Waals surface area contributed by atoms with Gasteiger partial charge in [-0.15, -0.1) is 0 Å². The summed E-state index contributed by atoms with van der Waals surface area (Å²) in [6.07, 6.45) is 2.58. The molecule has 1 aromatic carbocycles. The van der Waals surface area contributed by atoms with Crippen molar-refractivity contribution in [3.05, 3.63) is 46.7 Å². The molecule has 0 saturated carbocycles. The van der Waals surface area contributed by atoms with Gasteiger partial charge in [0.05, 0.1) is 21.3 Å². The van der Waals surface area contributed by atoms with Gasteiger partial charge in [-0.05, 0) is 24.1 Å². The Morgan fingerprint density at radius 3 is 2.33 bits per heavy atom. The van der Waals surface area contributed by atoms with E-state index in [2.05, 4.69) is 20.6 Å². The van der Waals surface area contributed by atoms with Gasteiger partial charge in [0.25, 0.3) is 0 Å². The number of nitrogens with one attached hydrogen (secondary N) is 2. The van der Waals surface area contributed by atoms with Gasteiger partial charge >= 0.3 is 0 Å². The number of halogens is 1. The molecule has 0 saturated heterocycles. The standard InChI is InChI=1S/C19H25ClN4O3/c1-21-19(22-8-7-13-5-6-18(20)23-11-13)24-12-14-9-16(26-3)17(27-4)10-15(14)25-2/h5-6,9-11H,7-8,12H2,1-4H3,(H2,21,22,24). The lowest BCUT2D eigenvalue weighted by Gasteiger charge is -2.16. The van der Waals surface area contributed by atoms with Crippen molar-refractivity contribution in [1.82, 2.24) is 15.6 Å². The van der Waals surface area contributed by atoms with Crippen molar-refractivity contribution < 1.29 is 14.2 Å². The zero-order valence-corrected chi connectivity index (χ0v) is 16.8. The highest BCUT2D eigenvalue weighted by atomic mass is 35.5. The van der Waals surface area contributed by atoms with Crippen LogP contribution in [0, 0.1) is 0 Å². The van der Waals surface area contributed by atoms with Crippen LogP contribution in [0.5, 0.6) is 17.2 Å². The summed E-state index contributed by atoms with van der Waals surface area (Å²) in [5.41, 5.74) is 2.03. The van der Waals surface area contributed by atoms with Gasteiger partial charge in [-0.3, -0.25) is 4.99 Å². The third-order valence-electron chi connectivity index (χ3n) is 3.95. The molecule has 0 atom stereocenters. The zero-order valence-electron chi connectivity index (χ0n) is 16.0. The Kier molecular flexibility index (Phi) is 8.00. The quantitative estimate of drug-likeness (QED) is 0.408. The number of aromatic nitrogens is 1. The molecule has 2 aromatic rings. The zero-order chi connectivity index (χ0) is 19.6. The second-order valence-corrected chi connectivity index (χ2v) is 6.00. The van der Waals surface area contributed by atoms with Crippen molar-refractivity contribution in [1.29, 1.82) is 0 Å². The van der Waals surface area contributed by atoms with Crippen LogP contribution >= 0.6 is 11.6 Å². The number of ether oxygens (including phenoxy) is 3. The van der Waals surface area contributed by atoms with E-state index in [4.69, 9.17) is 25.8 Å². The molecule has 8 heteroatoms. The van der Waals surface area contributed by atoms with E-state index in [9.17, 15) is 0 Å². The fourth-order valence-corrected chi connectivity index (χ4v) is 2.62. The van der Waals surface area contributed by atoms with Crippen molar-refractivity contribution in [2.45, 2.75) is 13.0 Å². The second kappa shape index (κ2) is 10.5. The number of pyridine rings is 1. The highest BCUT2D eigenvalue weighted by Gasteiger charge is 2.12. The number of benzene rings is 1. The van der Waals surface area contributed by atoms with Crippen LogP contribution < -0.4 is 24.8 Å². The van der Waals surface area contributed by atoms with Gasteiger partial charge in [0, 0.05) is 38.0 Å². The molecular formula is C19H25ClN4O3. The molecular weight excluding hydrogens is 368 g/mol. The number of guanidine groups is 1. The summed E-state index contributed by atoms with van der Waals surface area (Å²) < 4.78 is 16.1. The lowest BCUT2D eigenvalue weighted by Crippen LogP contribution is -2.37. The second-order valence-electron chi connectivity index (χ2n) is 5.61. The van der Waals surface area contributed by atoms with E-state index in [0.29, 0.717) is 41.5 Å². The van der Waals surface area contributed by atoms with Crippen LogP contribution in [-0.2, 0) is 13.0 Å². The first-order valence-corrected chi connectivity index (χ1v) is 8.82. The van der Waals surface area contributed by atoms with Crippen molar-refractivity contribution in [2.24, 2.45) is 4.99 Å². The largest absolute Gasteiger partial charge is 0.496 e. The van der Waals surface area contributed by atoms with Crippen LogP contribution in [0.15, 0.2) is 35.5 Å². The van der Waals surface area contributed by atoms with E-state index < -0.39 is 0 Å². The summed E-state index contributed by atoms with van der Waals surface area (Å²) in [4.78, 5) is 8.32. The molecule has 0 spiro atoms. The summed E-state index contributed by atoms with van der Waals surface area (Å²) in [6.45, 7) is 1.23. The van der Waals surface area contributed by atoms with E-state index >= 15 is 0 Å². The molecule has 1 heterocycles. The van der Waals surface area contributed by atoms with Gasteiger partial charge in [-0.2, -0.15) is 0 Å². The molecule has 146 valence electrons. The lowest BCUT2D eigenvalue weighted by molar-refractivity contribution is 0.347. The summed E-state index contributed by atoms with van der Waals surface area (Å²) in [5.74, 6) is 2.67. The van der Waals surface area contributed by atoms with Gasteiger partial charge in [-0.1, -0.05) is 17.7 Å². The summed E-state index contributed by atoms with van der Waals surface area (Å²) in [6, 6.07) is 7.44. The minimum Gasteiger partial charge on any atom is -0.496 e. The van der Waals surface area contributed by atoms with Gasteiger partial charge in [0.2, 0.25) is 0 Å². The molecule has 27 heavy (non-hydrogen) atoms. The number of rotatable bonds is 8. The fourth-order valence-electron chi connectivity index (χ4n) is 2.51. The lowest BCUT2D eigenvalue weighted by atomic mass is 10.1. The predicted molar refractivity (Wildman–Crippen MR) is 107 cm³/mol. The van der Waals surface area contributed by atoms with E-state index in [1.807, 2.05) is 12.1 Å². The first-order valence-electron chi connectivity index (χ1n) is 8.45. The third kappa shape index (κ3) is 5.92. The minimum atomic E-state index is 0.494. The fraction of sp³-hybridized carbons (Fsp3) is 0.368. The van der Waals surface area contributed by atoms with Crippen molar-refractivity contribution in [3.63, 3.8) is 0 Å². The maximum absolute atomic E-state index is 5.80. The first kappa shape index (κ1) is 20.6. The molecule has 0 aliphatic carbocycles. The maximum atomic E-state index is 5.80. The Labute approximate surface area is 164 Å². The summed E-state index contributed by atoms with van der Waals surface area (Å²) in [5, 5.41) is 7.04. The summed E-state index contributed by atoms with van der Waals surface area (Å²) >= 11 is 5.80. The Hall–Kier alpha value is -2.67. The van der Waals surface area contributed by atoms with Crippen molar-refractivity contribution in [2.75, 3.05) is 34.9 Å². The van der Waals surface area contributed by atoms with Gasteiger partial charge in [0.1, 0.15) is 10.9 Å². The maximum Gasteiger partial charge on any atom is 0.191 e. The molecule has 2 rings (SSSR count). The van der Waals surface area contributed by atoms with Crippen LogP contribution in [0.4, 0.5) is 0 Å². The number of nitrogens with zero attached hydrogens (tertiary/aromatic N) is 2. The highest BCUT2D eigenvalue weighted by Crippen LogP contribution is 2.34. The van der Waals surface area contributed by atoms with Crippen molar-refractivity contribution in [3.8, 4) is 17.2 Å². The van der Waals surface area contributed by atoms with Gasteiger partial charge in [0.15, 0.2) is 17.5 Å². The molecule has 1 aromatic heterocycles. The van der Waals surface area contributed by atoms with E-state index in [-0.39, 0.29) is 0 Å². The smallest absolute Gasteiger partial charge is 0.191 e. The average Bonchev–Trinajstić information content (AvgIpc) is 2.71. The normalized spacial score (nSPS) is 11.1. The molecule has 0 unspecified atom stereocenters. The average molecular weight is 393 g/mol. The molecule has 0 amide bonds. The van der Waals surface area contributed by atoms with Crippen molar-refractivity contribution >= 4 is 17.6 Å². The number of aliphatic imine (C=N–C) groups is 1. The van der Waals surface area contributed by atoms with Crippen LogP contribution in [-0.4, -0.2) is 45.9 Å². The van der Waals surface area contributed by atoms with Gasteiger partial charge in [-0.25, -0.2) is 4.98 Å². The molecule has 0 aliphatic heterocycles. The summed E-state index contributed by atoms with van der Waals surface area (Å²) in [7, 11) is 6.55. The monoisotopic (exact) mass is 392 g/mol. The highest BCUT2D eigenvalue weighted by molar-refractivity contribution is 6.29. The van der Waals surface area contributed by atoms with E-state index in [0.717, 1.165) is 17.5 Å². The minimum absolute atomic E-state index is 0.494. The van der Waals surface area contributed by atoms with E-state index in [1.54, 1.807) is 46.7 Å². The van der Waals surface area contributed by atoms with E-state index in [1.165, 1.54) is 0 Å². The molecule has 0 bridgehead atoms. The third-order valence-corrected chi connectivity index (χ3v) is 4.17. The van der Waals surface area contributed by atoms with Crippen LogP contribution in [0.2, 0.25) is 5.15 Å². The SMILES string of the molecule is CN=C(NCCc1ccc(Cl)nc1)NCc1cc(OC)c(OC)cc1OC. The van der Waals surface area contributed by atoms with Crippen LogP contribution in [0.3, 0.4) is 0 Å². The number of hydrogen-bond acceptors (Lipinski definition) is 5. The van der Waals surface area contributed by atoms with Gasteiger partial charge < -0.3 is 24.8 Å². The molecule has 0 fully saturated rings. The Morgan fingerprint density at radius 2 is 1.74 bits per heavy atom. The molecule has 2 N–H and O–H groups in total. The Morgan fingerprint density at radius 1 is 1.04 bits per heavy atom. The predicted octanol–water partition coefficient (Wildman–Crippen LogP) is 2.67.